The molecule has 2 rings (SSSR count). The zero-order valence-corrected chi connectivity index (χ0v) is 9.55. The lowest BCUT2D eigenvalue weighted by Gasteiger charge is -1.97. The van der Waals surface area contributed by atoms with Crippen molar-refractivity contribution < 1.29 is 0 Å². The van der Waals surface area contributed by atoms with Gasteiger partial charge < -0.3 is 0 Å². The van der Waals surface area contributed by atoms with Gasteiger partial charge in [-0.1, -0.05) is 24.4 Å². The quantitative estimate of drug-likeness (QED) is 0.784. The maximum Gasteiger partial charge on any atom is 0.141 e. The maximum absolute atomic E-state index is 5.87. The fourth-order valence-electron chi connectivity index (χ4n) is 1.21. The van der Waals surface area contributed by atoms with E-state index >= 15 is 0 Å². The van der Waals surface area contributed by atoms with E-state index in [1.807, 2.05) is 10.9 Å². The van der Waals surface area contributed by atoms with Crippen LogP contribution in [0.2, 0.25) is 5.02 Å². The van der Waals surface area contributed by atoms with Crippen molar-refractivity contribution in [1.29, 1.82) is 0 Å². The predicted molar refractivity (Wildman–Crippen MR) is 57.3 cm³/mol. The predicted octanol–water partition coefficient (Wildman–Crippen LogP) is 2.94. The highest BCUT2D eigenvalue weighted by Gasteiger charge is 2.20. The molecule has 2 nitrogen and oxygen atoms in total. The Balaban J connectivity index is 1.93. The molecule has 0 amide bonds. The van der Waals surface area contributed by atoms with Crippen LogP contribution in [0.5, 0.6) is 0 Å². The summed E-state index contributed by atoms with van der Waals surface area (Å²) in [4.78, 5) is 0. The van der Waals surface area contributed by atoms with Gasteiger partial charge in [0.2, 0.25) is 0 Å². The van der Waals surface area contributed by atoms with Gasteiger partial charge in [-0.3, -0.25) is 4.68 Å². The van der Waals surface area contributed by atoms with Gasteiger partial charge in [0.1, 0.15) is 3.70 Å². The van der Waals surface area contributed by atoms with Gasteiger partial charge in [0.25, 0.3) is 0 Å². The summed E-state index contributed by atoms with van der Waals surface area (Å²) in [5, 5.41) is 5.05. The SMILES string of the molecule is Clc1cn(CCC2CC2)nc1I. The van der Waals surface area contributed by atoms with Gasteiger partial charge in [-0.05, 0) is 34.9 Å². The minimum absolute atomic E-state index is 0.770. The summed E-state index contributed by atoms with van der Waals surface area (Å²) in [6, 6.07) is 0. The second-order valence-electron chi connectivity index (χ2n) is 3.26. The number of aromatic nitrogens is 2. The third-order valence-electron chi connectivity index (χ3n) is 2.14. The van der Waals surface area contributed by atoms with E-state index < -0.39 is 0 Å². The fourth-order valence-corrected chi connectivity index (χ4v) is 1.78. The maximum atomic E-state index is 5.87. The van der Waals surface area contributed by atoms with E-state index in [0.717, 1.165) is 21.2 Å². The van der Waals surface area contributed by atoms with Gasteiger partial charge in [-0.25, -0.2) is 0 Å². The first-order chi connectivity index (χ1) is 5.75. The Hall–Kier alpha value is 0.230. The first-order valence-electron chi connectivity index (χ1n) is 4.14. The smallest absolute Gasteiger partial charge is 0.141 e. The average molecular weight is 297 g/mol. The van der Waals surface area contributed by atoms with Crippen LogP contribution in [0.15, 0.2) is 6.20 Å². The van der Waals surface area contributed by atoms with Gasteiger partial charge in [-0.15, -0.1) is 0 Å². The van der Waals surface area contributed by atoms with Gasteiger partial charge in [-0.2, -0.15) is 5.10 Å². The molecule has 0 saturated heterocycles. The molecule has 0 bridgehead atoms. The summed E-state index contributed by atoms with van der Waals surface area (Å²) in [6.45, 7) is 1.02. The van der Waals surface area contributed by atoms with E-state index in [9.17, 15) is 0 Å². The van der Waals surface area contributed by atoms with Gasteiger partial charge in [0.05, 0.1) is 5.02 Å². The molecule has 0 spiro atoms. The van der Waals surface area contributed by atoms with Crippen LogP contribution in [0, 0.1) is 9.62 Å². The summed E-state index contributed by atoms with van der Waals surface area (Å²) in [5.74, 6) is 0.964. The highest BCUT2D eigenvalue weighted by atomic mass is 127. The van der Waals surface area contributed by atoms with Crippen molar-refractivity contribution in [2.45, 2.75) is 25.8 Å². The van der Waals surface area contributed by atoms with Crippen LogP contribution >= 0.6 is 34.2 Å². The normalized spacial score (nSPS) is 16.8. The molecule has 66 valence electrons. The standard InChI is InChI=1S/C8H10ClIN2/c9-7-5-12(11-8(7)10)4-3-6-1-2-6/h5-6H,1-4H2. The summed E-state index contributed by atoms with van der Waals surface area (Å²) < 4.78 is 2.85. The van der Waals surface area contributed by atoms with Crippen molar-refractivity contribution >= 4 is 34.2 Å². The zero-order valence-electron chi connectivity index (χ0n) is 6.63. The number of hydrogen-bond acceptors (Lipinski definition) is 1. The number of rotatable bonds is 3. The minimum Gasteiger partial charge on any atom is -0.270 e. The molecule has 1 aromatic heterocycles. The summed E-state index contributed by atoms with van der Waals surface area (Å²) in [7, 11) is 0. The molecule has 0 aromatic carbocycles. The molecule has 0 N–H and O–H groups in total. The number of hydrogen-bond donors (Lipinski definition) is 0. The van der Waals surface area contributed by atoms with Crippen molar-refractivity contribution in [2.75, 3.05) is 0 Å². The fraction of sp³-hybridized carbons (Fsp3) is 0.625. The van der Waals surface area contributed by atoms with Crippen LogP contribution in [0.4, 0.5) is 0 Å². The van der Waals surface area contributed by atoms with E-state index in [2.05, 4.69) is 27.7 Å². The van der Waals surface area contributed by atoms with Crippen LogP contribution in [0.3, 0.4) is 0 Å². The number of nitrogens with zero attached hydrogens (tertiary/aromatic N) is 2. The van der Waals surface area contributed by atoms with Gasteiger partial charge in [0.15, 0.2) is 0 Å². The lowest BCUT2D eigenvalue weighted by atomic mass is 10.3. The molecule has 1 fully saturated rings. The molecule has 1 aromatic rings. The highest BCUT2D eigenvalue weighted by Crippen LogP contribution is 2.32. The third-order valence-corrected chi connectivity index (χ3v) is 3.53. The van der Waals surface area contributed by atoms with Crippen LogP contribution in [-0.4, -0.2) is 9.78 Å². The second-order valence-corrected chi connectivity index (χ2v) is 4.69. The molecule has 1 aliphatic rings. The van der Waals surface area contributed by atoms with Crippen LogP contribution in [0.1, 0.15) is 19.3 Å². The minimum atomic E-state index is 0.770. The van der Waals surface area contributed by atoms with E-state index in [0.29, 0.717) is 0 Å². The van der Waals surface area contributed by atoms with Crippen molar-refractivity contribution in [1.82, 2.24) is 9.78 Å². The number of halogens is 2. The molecule has 0 atom stereocenters. The van der Waals surface area contributed by atoms with Crippen LogP contribution in [-0.2, 0) is 6.54 Å². The van der Waals surface area contributed by atoms with E-state index in [1.54, 1.807) is 0 Å². The van der Waals surface area contributed by atoms with Crippen molar-refractivity contribution in [3.05, 3.63) is 14.9 Å². The Labute approximate surface area is 90.4 Å². The Morgan fingerprint density at radius 2 is 2.42 bits per heavy atom. The molecule has 1 aliphatic carbocycles. The summed E-state index contributed by atoms with van der Waals surface area (Å²) >= 11 is 8.02. The first kappa shape index (κ1) is 8.81. The Kier molecular flexibility index (Phi) is 2.60. The second kappa shape index (κ2) is 3.54. The molecular formula is C8H10ClIN2. The van der Waals surface area contributed by atoms with E-state index in [1.165, 1.54) is 19.3 Å². The van der Waals surface area contributed by atoms with Crippen molar-refractivity contribution in [2.24, 2.45) is 5.92 Å². The van der Waals surface area contributed by atoms with Crippen LogP contribution in [0.25, 0.3) is 0 Å². The first-order valence-corrected chi connectivity index (χ1v) is 5.60. The molecule has 1 heterocycles. The Morgan fingerprint density at radius 3 is 2.92 bits per heavy atom. The van der Waals surface area contributed by atoms with Gasteiger partial charge in [0, 0.05) is 12.7 Å². The van der Waals surface area contributed by atoms with Crippen molar-refractivity contribution in [3.8, 4) is 0 Å². The lowest BCUT2D eigenvalue weighted by Crippen LogP contribution is -1.99. The molecule has 12 heavy (non-hydrogen) atoms. The molecular weight excluding hydrogens is 286 g/mol. The zero-order chi connectivity index (χ0) is 8.55. The molecule has 0 aliphatic heterocycles. The topological polar surface area (TPSA) is 17.8 Å². The Bertz CT molecular complexity index is 261. The lowest BCUT2D eigenvalue weighted by molar-refractivity contribution is 0.544. The summed E-state index contributed by atoms with van der Waals surface area (Å²) in [5.41, 5.74) is 0. The van der Waals surface area contributed by atoms with E-state index in [-0.39, 0.29) is 0 Å². The average Bonchev–Trinajstić information content (AvgIpc) is 2.78. The summed E-state index contributed by atoms with van der Waals surface area (Å²) in [6.07, 6.45) is 5.98. The Morgan fingerprint density at radius 1 is 1.67 bits per heavy atom. The van der Waals surface area contributed by atoms with Crippen molar-refractivity contribution in [3.63, 3.8) is 0 Å². The van der Waals surface area contributed by atoms with Gasteiger partial charge >= 0.3 is 0 Å². The number of aryl methyl sites for hydroxylation is 1. The molecule has 1 saturated carbocycles. The largest absolute Gasteiger partial charge is 0.270 e. The molecule has 4 heteroatoms. The third kappa shape index (κ3) is 2.13. The van der Waals surface area contributed by atoms with Crippen LogP contribution < -0.4 is 0 Å². The highest BCUT2D eigenvalue weighted by molar-refractivity contribution is 14.1. The molecule has 0 unspecified atom stereocenters. The molecule has 0 radical (unpaired) electrons. The monoisotopic (exact) mass is 296 g/mol. The van der Waals surface area contributed by atoms with E-state index in [4.69, 9.17) is 11.6 Å².